The molecule has 0 aliphatic heterocycles. The van der Waals surface area contributed by atoms with Crippen LogP contribution >= 0.6 is 0 Å². The number of benzene rings is 2. The zero-order valence-electron chi connectivity index (χ0n) is 13.3. The molecule has 0 aliphatic rings. The van der Waals surface area contributed by atoms with Crippen molar-refractivity contribution >= 4 is 0 Å². The van der Waals surface area contributed by atoms with Gasteiger partial charge in [0, 0.05) is 17.7 Å². The molecule has 0 amide bonds. The van der Waals surface area contributed by atoms with Crippen molar-refractivity contribution in [2.24, 2.45) is 0 Å². The lowest BCUT2D eigenvalue weighted by atomic mass is 10.1. The number of hydrogen-bond donors (Lipinski definition) is 0. The molecule has 2 aromatic rings. The third kappa shape index (κ3) is 5.27. The summed E-state index contributed by atoms with van der Waals surface area (Å²) in [4.78, 5) is 0. The van der Waals surface area contributed by atoms with Crippen LogP contribution in [0.2, 0.25) is 0 Å². The summed E-state index contributed by atoms with van der Waals surface area (Å²) in [7, 11) is 0. The Morgan fingerprint density at radius 1 is 0.818 bits per heavy atom. The summed E-state index contributed by atoms with van der Waals surface area (Å²) in [5, 5.41) is 0. The van der Waals surface area contributed by atoms with Gasteiger partial charge < -0.3 is 9.47 Å². The molecule has 114 valence electrons. The molecule has 22 heavy (non-hydrogen) atoms. The van der Waals surface area contributed by atoms with Crippen molar-refractivity contribution in [2.75, 3.05) is 13.4 Å². The van der Waals surface area contributed by atoms with E-state index in [1.165, 1.54) is 12.0 Å². The van der Waals surface area contributed by atoms with E-state index in [9.17, 15) is 0 Å². The quantitative estimate of drug-likeness (QED) is 0.446. The Morgan fingerprint density at radius 2 is 1.41 bits per heavy atom. The Morgan fingerprint density at radius 3 is 1.95 bits per heavy atom. The highest BCUT2D eigenvalue weighted by atomic mass is 16.7. The zero-order valence-corrected chi connectivity index (χ0v) is 13.3. The Balaban J connectivity index is 1.96. The molecule has 0 unspecified atom stereocenters. The first-order chi connectivity index (χ1) is 10.8. The highest BCUT2D eigenvalue weighted by Gasteiger charge is 1.94. The van der Waals surface area contributed by atoms with Crippen LogP contribution in [0.5, 0.6) is 5.75 Å². The molecule has 2 nitrogen and oxygen atoms in total. The molecule has 2 rings (SSSR count). The average Bonchev–Trinajstić information content (AvgIpc) is 2.56. The molecular weight excluding hydrogens is 272 g/mol. The molecule has 0 saturated heterocycles. The number of ether oxygens (including phenoxy) is 2. The summed E-state index contributed by atoms with van der Waals surface area (Å²) in [5.41, 5.74) is 3.38. The van der Waals surface area contributed by atoms with E-state index in [2.05, 4.69) is 43.0 Å². The first-order valence-corrected chi connectivity index (χ1v) is 7.73. The molecule has 0 bridgehead atoms. The Kier molecular flexibility index (Phi) is 6.54. The summed E-state index contributed by atoms with van der Waals surface area (Å²) < 4.78 is 10.6. The summed E-state index contributed by atoms with van der Waals surface area (Å²) >= 11 is 0. The smallest absolute Gasteiger partial charge is 0.189 e. The van der Waals surface area contributed by atoms with Gasteiger partial charge in [-0.25, -0.2) is 0 Å². The largest absolute Gasteiger partial charge is 0.468 e. The number of aryl methyl sites for hydroxylation is 1. The van der Waals surface area contributed by atoms with E-state index in [0.29, 0.717) is 6.61 Å². The zero-order chi connectivity index (χ0) is 15.6. The lowest BCUT2D eigenvalue weighted by molar-refractivity contribution is 0.0224. The normalized spacial score (nSPS) is 9.91. The van der Waals surface area contributed by atoms with E-state index in [1.807, 2.05) is 31.2 Å². The minimum Gasteiger partial charge on any atom is -0.468 e. The predicted octanol–water partition coefficient (Wildman–Crippen LogP) is 4.41. The second-order valence-corrected chi connectivity index (χ2v) is 4.98. The van der Waals surface area contributed by atoms with Crippen LogP contribution in [0.25, 0.3) is 0 Å². The average molecular weight is 294 g/mol. The molecule has 0 radical (unpaired) electrons. The Labute approximate surface area is 133 Å². The van der Waals surface area contributed by atoms with Crippen molar-refractivity contribution < 1.29 is 9.47 Å². The predicted molar refractivity (Wildman–Crippen MR) is 90.0 cm³/mol. The van der Waals surface area contributed by atoms with Gasteiger partial charge in [-0.15, -0.1) is 0 Å². The van der Waals surface area contributed by atoms with Gasteiger partial charge in [-0.3, -0.25) is 0 Å². The van der Waals surface area contributed by atoms with Crippen LogP contribution in [-0.4, -0.2) is 13.4 Å². The SMILES string of the molecule is CCCc1ccc(C#Cc2ccc(OCOCC)cc2)cc1. The van der Waals surface area contributed by atoms with Crippen LogP contribution < -0.4 is 4.74 Å². The summed E-state index contributed by atoms with van der Waals surface area (Å²) in [6.45, 7) is 5.07. The number of hydrogen-bond acceptors (Lipinski definition) is 2. The van der Waals surface area contributed by atoms with E-state index in [-0.39, 0.29) is 6.79 Å². The fraction of sp³-hybridized carbons (Fsp3) is 0.300. The van der Waals surface area contributed by atoms with Gasteiger partial charge in [-0.05, 0) is 55.3 Å². The summed E-state index contributed by atoms with van der Waals surface area (Å²) in [6, 6.07) is 16.2. The van der Waals surface area contributed by atoms with E-state index in [1.54, 1.807) is 0 Å². The molecule has 0 fully saturated rings. The van der Waals surface area contributed by atoms with Crippen LogP contribution in [0, 0.1) is 11.8 Å². The van der Waals surface area contributed by atoms with Gasteiger partial charge in [0.25, 0.3) is 0 Å². The van der Waals surface area contributed by atoms with Crippen molar-refractivity contribution in [3.8, 4) is 17.6 Å². The highest BCUT2D eigenvalue weighted by Crippen LogP contribution is 2.12. The molecule has 0 saturated carbocycles. The van der Waals surface area contributed by atoms with E-state index >= 15 is 0 Å². The molecule has 0 N–H and O–H groups in total. The second-order valence-electron chi connectivity index (χ2n) is 4.98. The molecule has 0 aliphatic carbocycles. The van der Waals surface area contributed by atoms with Gasteiger partial charge in [0.05, 0.1) is 0 Å². The third-order valence-corrected chi connectivity index (χ3v) is 3.21. The molecule has 2 heteroatoms. The third-order valence-electron chi connectivity index (χ3n) is 3.21. The van der Waals surface area contributed by atoms with Crippen molar-refractivity contribution in [1.82, 2.24) is 0 Å². The van der Waals surface area contributed by atoms with Gasteiger partial charge in [-0.1, -0.05) is 37.3 Å². The first kappa shape index (κ1) is 16.1. The molecule has 0 atom stereocenters. The molecule has 0 heterocycles. The van der Waals surface area contributed by atoms with Gasteiger partial charge in [0.15, 0.2) is 6.79 Å². The maximum atomic E-state index is 5.43. The van der Waals surface area contributed by atoms with Crippen molar-refractivity contribution in [1.29, 1.82) is 0 Å². The first-order valence-electron chi connectivity index (χ1n) is 7.73. The van der Waals surface area contributed by atoms with Gasteiger partial charge in [-0.2, -0.15) is 0 Å². The van der Waals surface area contributed by atoms with Crippen LogP contribution in [0.15, 0.2) is 48.5 Å². The maximum Gasteiger partial charge on any atom is 0.189 e. The van der Waals surface area contributed by atoms with Crippen LogP contribution in [-0.2, 0) is 11.2 Å². The standard InChI is InChI=1S/C20H22O2/c1-3-5-17-6-8-18(9-7-17)10-11-19-12-14-20(15-13-19)22-16-21-4-2/h6-9,12-15H,3-5,16H2,1-2H3. The fourth-order valence-corrected chi connectivity index (χ4v) is 2.02. The minimum absolute atomic E-state index is 0.283. The van der Waals surface area contributed by atoms with Crippen molar-refractivity contribution in [3.05, 3.63) is 65.2 Å². The van der Waals surface area contributed by atoms with Gasteiger partial charge in [0.2, 0.25) is 0 Å². The van der Waals surface area contributed by atoms with E-state index < -0.39 is 0 Å². The van der Waals surface area contributed by atoms with Crippen LogP contribution in [0.1, 0.15) is 37.0 Å². The van der Waals surface area contributed by atoms with Crippen LogP contribution in [0.3, 0.4) is 0 Å². The fourth-order valence-electron chi connectivity index (χ4n) is 2.02. The van der Waals surface area contributed by atoms with Crippen molar-refractivity contribution in [2.45, 2.75) is 26.7 Å². The summed E-state index contributed by atoms with van der Waals surface area (Å²) in [5.74, 6) is 7.15. The molecular formula is C20H22O2. The topological polar surface area (TPSA) is 18.5 Å². The molecule has 0 aromatic heterocycles. The van der Waals surface area contributed by atoms with E-state index in [0.717, 1.165) is 23.3 Å². The van der Waals surface area contributed by atoms with Gasteiger partial charge in [0.1, 0.15) is 5.75 Å². The lowest BCUT2D eigenvalue weighted by Gasteiger charge is -2.05. The molecule has 2 aromatic carbocycles. The monoisotopic (exact) mass is 294 g/mol. The highest BCUT2D eigenvalue weighted by molar-refractivity contribution is 5.44. The lowest BCUT2D eigenvalue weighted by Crippen LogP contribution is -2.01. The maximum absolute atomic E-state index is 5.43. The Bertz CT molecular complexity index is 615. The van der Waals surface area contributed by atoms with Crippen molar-refractivity contribution in [3.63, 3.8) is 0 Å². The summed E-state index contributed by atoms with van der Waals surface area (Å²) in [6.07, 6.45) is 2.29. The second kappa shape index (κ2) is 8.92. The Hall–Kier alpha value is -2.24. The number of rotatable bonds is 6. The van der Waals surface area contributed by atoms with Gasteiger partial charge >= 0.3 is 0 Å². The van der Waals surface area contributed by atoms with E-state index in [4.69, 9.17) is 9.47 Å². The van der Waals surface area contributed by atoms with Crippen LogP contribution in [0.4, 0.5) is 0 Å². The minimum atomic E-state index is 0.283. The molecule has 0 spiro atoms.